The molecule has 4 rings (SSSR count). The Morgan fingerprint density at radius 3 is 2.61 bits per heavy atom. The highest BCUT2D eigenvalue weighted by Crippen LogP contribution is 2.33. The van der Waals surface area contributed by atoms with E-state index in [0.717, 1.165) is 57.5 Å². The maximum absolute atomic E-state index is 13.0. The molecule has 1 aliphatic heterocycles. The van der Waals surface area contributed by atoms with Crippen LogP contribution in [0.15, 0.2) is 12.3 Å². The lowest BCUT2D eigenvalue weighted by Gasteiger charge is -2.47. The molecule has 1 unspecified atom stereocenters. The van der Waals surface area contributed by atoms with Crippen LogP contribution in [-0.2, 0) is 18.0 Å². The van der Waals surface area contributed by atoms with Gasteiger partial charge in [-0.15, -0.1) is 0 Å². The number of rotatable bonds is 7. The monoisotopic (exact) mass is 468 g/mol. The van der Waals surface area contributed by atoms with Gasteiger partial charge in [0.05, 0.1) is 29.6 Å². The van der Waals surface area contributed by atoms with Gasteiger partial charge in [0, 0.05) is 32.4 Å². The highest BCUT2D eigenvalue weighted by Gasteiger charge is 2.36. The number of aryl methyl sites for hydroxylation is 1. The average molecular weight is 469 g/mol. The molecular formula is C22H31F3N6O2. The van der Waals surface area contributed by atoms with Gasteiger partial charge in [-0.1, -0.05) is 6.92 Å². The number of aliphatic hydroxyl groups is 1. The number of fused-ring (bicyclic) bond motifs is 1. The number of carbonyl (C=O) groups is 1. The van der Waals surface area contributed by atoms with E-state index in [1.54, 1.807) is 7.05 Å². The smallest absolute Gasteiger partial charge is 0.393 e. The van der Waals surface area contributed by atoms with Gasteiger partial charge in [-0.05, 0) is 44.1 Å². The van der Waals surface area contributed by atoms with Gasteiger partial charge in [0.15, 0.2) is 11.5 Å². The summed E-state index contributed by atoms with van der Waals surface area (Å²) in [5.41, 5.74) is -0.551. The predicted octanol–water partition coefficient (Wildman–Crippen LogP) is 2.53. The SMILES string of the molecule is CCC(O)C1CCC(N2CC(NC(=O)CNc3nn(C)c4ncc(C(F)(F)F)cc34)C2)CC1. The first kappa shape index (κ1) is 23.7. The number of aliphatic hydroxyl groups excluding tert-OH is 1. The summed E-state index contributed by atoms with van der Waals surface area (Å²) in [5.74, 6) is 0.370. The molecule has 0 radical (unpaired) electrons. The molecule has 2 aliphatic rings. The molecule has 11 heteroatoms. The largest absolute Gasteiger partial charge is 0.417 e. The summed E-state index contributed by atoms with van der Waals surface area (Å²) in [6, 6.07) is 1.57. The van der Waals surface area contributed by atoms with E-state index in [4.69, 9.17) is 0 Å². The summed E-state index contributed by atoms with van der Waals surface area (Å²) in [7, 11) is 1.59. The van der Waals surface area contributed by atoms with Gasteiger partial charge in [0.1, 0.15) is 0 Å². The van der Waals surface area contributed by atoms with Crippen molar-refractivity contribution < 1.29 is 23.1 Å². The molecule has 1 saturated heterocycles. The number of halogens is 3. The minimum atomic E-state index is -4.50. The van der Waals surface area contributed by atoms with Crippen molar-refractivity contribution in [1.29, 1.82) is 0 Å². The zero-order valence-electron chi connectivity index (χ0n) is 18.9. The van der Waals surface area contributed by atoms with E-state index in [1.165, 1.54) is 4.68 Å². The molecule has 1 saturated carbocycles. The molecule has 0 bridgehead atoms. The minimum Gasteiger partial charge on any atom is -0.393 e. The fourth-order valence-corrected chi connectivity index (χ4v) is 4.96. The molecule has 33 heavy (non-hydrogen) atoms. The summed E-state index contributed by atoms with van der Waals surface area (Å²) in [6.45, 7) is 3.52. The van der Waals surface area contributed by atoms with Crippen LogP contribution in [0, 0.1) is 5.92 Å². The number of nitrogens with zero attached hydrogens (tertiary/aromatic N) is 4. The second-order valence-corrected chi connectivity index (χ2v) is 9.18. The first-order valence-electron chi connectivity index (χ1n) is 11.5. The van der Waals surface area contributed by atoms with Crippen LogP contribution in [0.1, 0.15) is 44.6 Å². The van der Waals surface area contributed by atoms with Gasteiger partial charge in [0.2, 0.25) is 5.91 Å². The number of nitrogens with one attached hydrogen (secondary N) is 2. The molecule has 182 valence electrons. The second-order valence-electron chi connectivity index (χ2n) is 9.18. The van der Waals surface area contributed by atoms with Crippen LogP contribution in [0.4, 0.5) is 19.0 Å². The van der Waals surface area contributed by atoms with E-state index < -0.39 is 11.7 Å². The van der Waals surface area contributed by atoms with Crippen LogP contribution in [0.2, 0.25) is 0 Å². The molecule has 2 aromatic heterocycles. The Balaban J connectivity index is 1.24. The van der Waals surface area contributed by atoms with Crippen molar-refractivity contribution in [2.24, 2.45) is 13.0 Å². The van der Waals surface area contributed by atoms with E-state index in [0.29, 0.717) is 17.6 Å². The summed E-state index contributed by atoms with van der Waals surface area (Å²) in [6.07, 6.45) is 1.11. The number of aromatic nitrogens is 3. The maximum Gasteiger partial charge on any atom is 0.417 e. The molecular weight excluding hydrogens is 437 g/mol. The van der Waals surface area contributed by atoms with Crippen molar-refractivity contribution in [3.63, 3.8) is 0 Å². The Morgan fingerprint density at radius 1 is 1.27 bits per heavy atom. The Morgan fingerprint density at radius 2 is 1.97 bits per heavy atom. The summed E-state index contributed by atoms with van der Waals surface area (Å²) in [4.78, 5) is 18.6. The van der Waals surface area contributed by atoms with Crippen LogP contribution in [-0.4, -0.2) is 68.5 Å². The fraction of sp³-hybridized carbons (Fsp3) is 0.682. The second kappa shape index (κ2) is 9.46. The lowest BCUT2D eigenvalue weighted by molar-refractivity contribution is -0.137. The number of alkyl halides is 3. The van der Waals surface area contributed by atoms with Gasteiger partial charge in [-0.25, -0.2) is 9.67 Å². The third-order valence-electron chi connectivity index (χ3n) is 6.92. The van der Waals surface area contributed by atoms with Gasteiger partial charge in [0.25, 0.3) is 0 Å². The van der Waals surface area contributed by atoms with Crippen LogP contribution in [0.3, 0.4) is 0 Å². The number of carbonyl (C=O) groups excluding carboxylic acids is 1. The first-order chi connectivity index (χ1) is 15.7. The molecule has 1 atom stereocenters. The van der Waals surface area contributed by atoms with E-state index in [1.807, 2.05) is 6.92 Å². The van der Waals surface area contributed by atoms with Crippen molar-refractivity contribution in [1.82, 2.24) is 25.0 Å². The third-order valence-corrected chi connectivity index (χ3v) is 6.92. The first-order valence-corrected chi connectivity index (χ1v) is 11.5. The summed E-state index contributed by atoms with van der Waals surface area (Å²) >= 11 is 0. The average Bonchev–Trinajstić information content (AvgIpc) is 3.08. The van der Waals surface area contributed by atoms with Gasteiger partial charge in [-0.2, -0.15) is 18.3 Å². The van der Waals surface area contributed by atoms with E-state index in [-0.39, 0.29) is 35.8 Å². The van der Waals surface area contributed by atoms with Crippen molar-refractivity contribution in [2.75, 3.05) is 25.0 Å². The number of pyridine rings is 1. The van der Waals surface area contributed by atoms with Crippen LogP contribution < -0.4 is 10.6 Å². The zero-order chi connectivity index (χ0) is 23.8. The lowest BCUT2D eigenvalue weighted by atomic mass is 9.80. The lowest BCUT2D eigenvalue weighted by Crippen LogP contribution is -2.63. The third kappa shape index (κ3) is 5.24. The highest BCUT2D eigenvalue weighted by molar-refractivity contribution is 5.90. The predicted molar refractivity (Wildman–Crippen MR) is 118 cm³/mol. The minimum absolute atomic E-state index is 0.0669. The normalized spacial score (nSPS) is 23.3. The van der Waals surface area contributed by atoms with Crippen LogP contribution >= 0.6 is 0 Å². The Hall–Kier alpha value is -2.40. The number of hydrogen-bond acceptors (Lipinski definition) is 6. The Bertz CT molecular complexity index is 980. The molecule has 1 amide bonds. The summed E-state index contributed by atoms with van der Waals surface area (Å²) in [5, 5.41) is 20.2. The summed E-state index contributed by atoms with van der Waals surface area (Å²) < 4.78 is 40.5. The van der Waals surface area contributed by atoms with E-state index in [2.05, 4.69) is 25.6 Å². The van der Waals surface area contributed by atoms with Crippen molar-refractivity contribution >= 4 is 22.8 Å². The van der Waals surface area contributed by atoms with Crippen LogP contribution in [0.25, 0.3) is 11.0 Å². The molecule has 1 aliphatic carbocycles. The standard InChI is InChI=1S/C22H31F3N6O2/c1-3-18(32)13-4-6-16(7-5-13)31-11-15(12-31)28-19(33)10-26-20-17-8-14(22(23,24)25)9-27-21(17)30(2)29-20/h8-9,13,15-16,18,32H,3-7,10-12H2,1-2H3,(H,26,29)(H,28,33). The molecule has 3 N–H and O–H groups in total. The molecule has 0 aromatic carbocycles. The van der Waals surface area contributed by atoms with Crippen molar-refractivity contribution in [2.45, 2.75) is 63.4 Å². The van der Waals surface area contributed by atoms with Gasteiger partial charge in [-0.3, -0.25) is 9.69 Å². The van der Waals surface area contributed by atoms with E-state index >= 15 is 0 Å². The zero-order valence-corrected chi connectivity index (χ0v) is 18.9. The Labute approximate surface area is 190 Å². The highest BCUT2D eigenvalue weighted by atomic mass is 19.4. The Kier molecular flexibility index (Phi) is 6.81. The number of likely N-dealkylation sites (tertiary alicyclic amines) is 1. The van der Waals surface area contributed by atoms with Crippen LogP contribution in [0.5, 0.6) is 0 Å². The van der Waals surface area contributed by atoms with Gasteiger partial charge >= 0.3 is 6.18 Å². The maximum atomic E-state index is 13.0. The quantitative estimate of drug-likeness (QED) is 0.578. The van der Waals surface area contributed by atoms with E-state index in [9.17, 15) is 23.1 Å². The number of hydrogen-bond donors (Lipinski definition) is 3. The topological polar surface area (TPSA) is 95.3 Å². The number of anilines is 1. The molecule has 8 nitrogen and oxygen atoms in total. The molecule has 2 fully saturated rings. The van der Waals surface area contributed by atoms with Crippen molar-refractivity contribution in [3.05, 3.63) is 17.8 Å². The number of amides is 1. The molecule has 3 heterocycles. The van der Waals surface area contributed by atoms with Gasteiger partial charge < -0.3 is 15.7 Å². The van der Waals surface area contributed by atoms with Crippen molar-refractivity contribution in [3.8, 4) is 0 Å². The fourth-order valence-electron chi connectivity index (χ4n) is 4.96. The molecule has 2 aromatic rings. The molecule has 0 spiro atoms.